The number of rotatable bonds is 3. The van der Waals surface area contributed by atoms with Gasteiger partial charge in [-0.2, -0.15) is 0 Å². The predicted octanol–water partition coefficient (Wildman–Crippen LogP) is 1.85. The molecule has 3 saturated heterocycles. The van der Waals surface area contributed by atoms with Gasteiger partial charge in [-0.1, -0.05) is 20.8 Å². The number of likely N-dealkylation sites (tertiary alicyclic amines) is 2. The van der Waals surface area contributed by atoms with Crippen LogP contribution in [0.25, 0.3) is 0 Å². The first kappa shape index (κ1) is 13.8. The van der Waals surface area contributed by atoms with Gasteiger partial charge >= 0.3 is 0 Å². The highest BCUT2D eigenvalue weighted by molar-refractivity contribution is 5.06. The van der Waals surface area contributed by atoms with Crippen molar-refractivity contribution in [2.45, 2.75) is 33.2 Å². The topological polar surface area (TPSA) is 9.72 Å². The summed E-state index contributed by atoms with van der Waals surface area (Å²) in [6.07, 6.45) is 1.29. The summed E-state index contributed by atoms with van der Waals surface area (Å²) >= 11 is 0. The molecule has 0 aliphatic carbocycles. The lowest BCUT2D eigenvalue weighted by atomic mass is 9.72. The summed E-state index contributed by atoms with van der Waals surface area (Å²) < 4.78 is 12.9. The molecule has 2 unspecified atom stereocenters. The lowest BCUT2D eigenvalue weighted by molar-refractivity contribution is -0.206. The van der Waals surface area contributed by atoms with E-state index in [1.807, 2.05) is 0 Å². The van der Waals surface area contributed by atoms with E-state index in [1.165, 1.54) is 26.1 Å². The highest BCUT2D eigenvalue weighted by Gasteiger charge is 2.54. The highest BCUT2D eigenvalue weighted by atomic mass is 19.2. The third kappa shape index (κ3) is 2.67. The Labute approximate surface area is 116 Å². The van der Waals surface area contributed by atoms with Gasteiger partial charge in [-0.25, -0.2) is 0 Å². The Hall–Kier alpha value is -0.190. The fraction of sp³-hybridized carbons (Fsp3) is 1.00. The molecule has 4 heteroatoms. The van der Waals surface area contributed by atoms with Gasteiger partial charge in [-0.15, -0.1) is 9.60 Å². The van der Waals surface area contributed by atoms with Crippen LogP contribution in [0, 0.1) is 17.3 Å². The molecule has 0 bridgehead atoms. The Morgan fingerprint density at radius 1 is 1.21 bits per heavy atom. The van der Waals surface area contributed by atoms with Gasteiger partial charge < -0.3 is 4.90 Å². The fourth-order valence-corrected chi connectivity index (χ4v) is 4.38. The molecule has 3 aliphatic heterocycles. The van der Waals surface area contributed by atoms with Crippen LogP contribution in [-0.2, 0) is 0 Å². The van der Waals surface area contributed by atoms with Gasteiger partial charge in [0.15, 0.2) is 0 Å². The first-order valence-electron chi connectivity index (χ1n) is 7.85. The van der Waals surface area contributed by atoms with Crippen molar-refractivity contribution in [1.82, 2.24) is 14.9 Å². The first-order valence-corrected chi connectivity index (χ1v) is 7.85. The maximum absolute atomic E-state index is 12.9. The molecule has 3 aliphatic rings. The van der Waals surface area contributed by atoms with Crippen LogP contribution >= 0.6 is 0 Å². The Balaban J connectivity index is 1.46. The van der Waals surface area contributed by atoms with Crippen LogP contribution in [0.4, 0.5) is 4.48 Å². The molecule has 0 saturated carbocycles. The van der Waals surface area contributed by atoms with Crippen LogP contribution < -0.4 is 0 Å². The SMILES string of the molecule is CC(C)CN1CCC(N2CC3(CN(F)C3)C2)C(C)C1. The summed E-state index contributed by atoms with van der Waals surface area (Å²) in [7, 11) is 0. The summed E-state index contributed by atoms with van der Waals surface area (Å²) in [5.41, 5.74) is 0.323. The summed E-state index contributed by atoms with van der Waals surface area (Å²) in [5.74, 6) is 1.52. The van der Waals surface area contributed by atoms with E-state index in [-0.39, 0.29) is 0 Å². The minimum Gasteiger partial charge on any atom is -0.303 e. The zero-order chi connectivity index (χ0) is 13.6. The number of halogens is 1. The van der Waals surface area contributed by atoms with Gasteiger partial charge in [-0.3, -0.25) is 4.90 Å². The second kappa shape index (κ2) is 4.97. The van der Waals surface area contributed by atoms with E-state index in [0.717, 1.165) is 36.1 Å². The van der Waals surface area contributed by atoms with Gasteiger partial charge in [0, 0.05) is 50.7 Å². The van der Waals surface area contributed by atoms with Crippen LogP contribution in [0.5, 0.6) is 0 Å². The molecule has 3 heterocycles. The molecule has 0 aromatic rings. The predicted molar refractivity (Wildman–Crippen MR) is 75.5 cm³/mol. The maximum atomic E-state index is 12.9. The van der Waals surface area contributed by atoms with Crippen molar-refractivity contribution >= 4 is 0 Å². The third-order valence-corrected chi connectivity index (χ3v) is 5.13. The van der Waals surface area contributed by atoms with Crippen LogP contribution in [-0.4, -0.2) is 66.8 Å². The standard InChI is InChI=1S/C15H28FN3/c1-12(2)6-17-5-4-14(13(3)7-17)18-8-15(9-18)10-19(16)11-15/h12-14H,4-11H2,1-3H3. The average Bonchev–Trinajstić information content (AvgIpc) is 2.21. The van der Waals surface area contributed by atoms with Gasteiger partial charge in [0.2, 0.25) is 0 Å². The van der Waals surface area contributed by atoms with Crippen molar-refractivity contribution in [1.29, 1.82) is 0 Å². The normalized spacial score (nSPS) is 36.5. The summed E-state index contributed by atoms with van der Waals surface area (Å²) in [6, 6.07) is 0.739. The molecule has 3 fully saturated rings. The molecule has 110 valence electrons. The average molecular weight is 269 g/mol. The fourth-order valence-electron chi connectivity index (χ4n) is 4.38. The lowest BCUT2D eigenvalue weighted by Gasteiger charge is -2.61. The van der Waals surface area contributed by atoms with E-state index in [1.54, 1.807) is 0 Å². The van der Waals surface area contributed by atoms with Gasteiger partial charge in [0.05, 0.1) is 0 Å². The minimum atomic E-state index is 0.323. The van der Waals surface area contributed by atoms with Gasteiger partial charge in [0.25, 0.3) is 0 Å². The van der Waals surface area contributed by atoms with Crippen molar-refractivity contribution in [3.8, 4) is 0 Å². The summed E-state index contributed by atoms with van der Waals surface area (Å²) in [5, 5.41) is 0.964. The molecule has 0 N–H and O–H groups in total. The van der Waals surface area contributed by atoms with E-state index in [4.69, 9.17) is 0 Å². The number of hydrogen-bond donors (Lipinski definition) is 0. The summed E-state index contributed by atoms with van der Waals surface area (Å²) in [4.78, 5) is 5.23. The molecule has 3 nitrogen and oxygen atoms in total. The van der Waals surface area contributed by atoms with Gasteiger partial charge in [-0.05, 0) is 24.8 Å². The van der Waals surface area contributed by atoms with Gasteiger partial charge in [0.1, 0.15) is 0 Å². The molecule has 0 radical (unpaired) electrons. The van der Waals surface area contributed by atoms with Crippen LogP contribution in [0.15, 0.2) is 0 Å². The minimum absolute atomic E-state index is 0.323. The third-order valence-electron chi connectivity index (χ3n) is 5.13. The van der Waals surface area contributed by atoms with Crippen molar-refractivity contribution in [3.05, 3.63) is 0 Å². The van der Waals surface area contributed by atoms with Crippen molar-refractivity contribution in [2.24, 2.45) is 17.3 Å². The molecule has 0 amide bonds. The molecule has 0 aromatic carbocycles. The quantitative estimate of drug-likeness (QED) is 0.724. The molecule has 1 spiro atoms. The Morgan fingerprint density at radius 3 is 2.42 bits per heavy atom. The number of hydrogen-bond acceptors (Lipinski definition) is 3. The van der Waals surface area contributed by atoms with E-state index in [2.05, 4.69) is 30.6 Å². The van der Waals surface area contributed by atoms with Crippen molar-refractivity contribution in [2.75, 3.05) is 45.8 Å². The molecular weight excluding hydrogens is 241 g/mol. The van der Waals surface area contributed by atoms with E-state index >= 15 is 0 Å². The highest BCUT2D eigenvalue weighted by Crippen LogP contribution is 2.42. The molecule has 0 aromatic heterocycles. The molecule has 19 heavy (non-hydrogen) atoms. The van der Waals surface area contributed by atoms with Crippen LogP contribution in [0.2, 0.25) is 0 Å². The second-order valence-corrected chi connectivity index (χ2v) is 7.67. The largest absolute Gasteiger partial charge is 0.303 e. The van der Waals surface area contributed by atoms with Crippen molar-refractivity contribution in [3.63, 3.8) is 0 Å². The van der Waals surface area contributed by atoms with E-state index in [0.29, 0.717) is 18.5 Å². The van der Waals surface area contributed by atoms with Crippen LogP contribution in [0.1, 0.15) is 27.2 Å². The lowest BCUT2D eigenvalue weighted by Crippen LogP contribution is -2.73. The van der Waals surface area contributed by atoms with E-state index < -0.39 is 0 Å². The second-order valence-electron chi connectivity index (χ2n) is 7.67. The number of nitrogens with zero attached hydrogens (tertiary/aromatic N) is 3. The summed E-state index contributed by atoms with van der Waals surface area (Å²) in [6.45, 7) is 14.3. The zero-order valence-electron chi connectivity index (χ0n) is 12.6. The molecule has 3 rings (SSSR count). The maximum Gasteiger partial charge on any atom is 0.0385 e. The van der Waals surface area contributed by atoms with Crippen LogP contribution in [0.3, 0.4) is 0 Å². The first-order chi connectivity index (χ1) is 8.97. The van der Waals surface area contributed by atoms with Crippen molar-refractivity contribution < 1.29 is 4.48 Å². The zero-order valence-corrected chi connectivity index (χ0v) is 12.6. The Kier molecular flexibility index (Phi) is 3.61. The number of piperidine rings is 1. The monoisotopic (exact) mass is 269 g/mol. The van der Waals surface area contributed by atoms with E-state index in [9.17, 15) is 4.48 Å². The molecule has 2 atom stereocenters. The Bertz CT molecular complexity index is 319. The molecular formula is C15H28FN3. The smallest absolute Gasteiger partial charge is 0.0385 e. The Morgan fingerprint density at radius 2 is 1.89 bits per heavy atom.